The summed E-state index contributed by atoms with van der Waals surface area (Å²) in [5, 5.41) is 9.66. The van der Waals surface area contributed by atoms with Gasteiger partial charge in [-0.05, 0) is 13.8 Å². The first-order valence-electron chi connectivity index (χ1n) is 4.94. The highest BCUT2D eigenvalue weighted by molar-refractivity contribution is 5.90. The maximum atomic E-state index is 7.50. The van der Waals surface area contributed by atoms with Gasteiger partial charge in [0.05, 0.1) is 25.0 Å². The lowest BCUT2D eigenvalue weighted by Crippen LogP contribution is -2.84. The fraction of sp³-hybridized carbons (Fsp3) is 0.500. The molecule has 0 fully saturated rings. The lowest BCUT2D eigenvalue weighted by atomic mass is 10.4. The number of quaternary nitrogens is 1. The summed E-state index contributed by atoms with van der Waals surface area (Å²) in [6.45, 7) is 6.69. The Hall–Kier alpha value is -1.38. The monoisotopic (exact) mass is 194 g/mol. The molecule has 14 heavy (non-hydrogen) atoms. The van der Waals surface area contributed by atoms with E-state index in [1.165, 1.54) is 5.70 Å². The minimum atomic E-state index is 0.640. The van der Waals surface area contributed by atoms with Crippen molar-refractivity contribution in [2.75, 3.05) is 19.6 Å². The average Bonchev–Trinajstić information content (AvgIpc) is 2.64. The topological polar surface area (TPSA) is 57.8 Å². The Kier molecular flexibility index (Phi) is 4.11. The van der Waals surface area contributed by atoms with Crippen LogP contribution in [0.2, 0.25) is 0 Å². The van der Waals surface area contributed by atoms with Crippen molar-refractivity contribution in [2.24, 2.45) is 0 Å². The quantitative estimate of drug-likeness (QED) is 0.328. The minimum Gasteiger partial charge on any atom is -0.355 e. The highest BCUT2D eigenvalue weighted by Gasteiger charge is 2.09. The van der Waals surface area contributed by atoms with Gasteiger partial charge in [0.1, 0.15) is 0 Å². The van der Waals surface area contributed by atoms with Crippen LogP contribution in [0, 0.1) is 5.41 Å². The first-order valence-corrected chi connectivity index (χ1v) is 4.94. The van der Waals surface area contributed by atoms with Gasteiger partial charge in [-0.15, -0.1) is 0 Å². The molecule has 0 aliphatic carbocycles. The van der Waals surface area contributed by atoms with Crippen molar-refractivity contribution in [3.05, 3.63) is 11.8 Å². The van der Waals surface area contributed by atoms with Gasteiger partial charge in [-0.25, -0.2) is 0 Å². The van der Waals surface area contributed by atoms with Crippen molar-refractivity contribution in [3.63, 3.8) is 0 Å². The molecule has 76 valence electrons. The zero-order valence-corrected chi connectivity index (χ0v) is 8.83. The van der Waals surface area contributed by atoms with Crippen LogP contribution in [-0.2, 0) is 0 Å². The van der Waals surface area contributed by atoms with Crippen molar-refractivity contribution < 1.29 is 5.32 Å². The van der Waals surface area contributed by atoms with Crippen molar-refractivity contribution >= 4 is 18.3 Å². The van der Waals surface area contributed by atoms with E-state index in [0.29, 0.717) is 5.84 Å². The second-order valence-electron chi connectivity index (χ2n) is 3.25. The number of nitrogens with one attached hydrogen (secondary N) is 1. The van der Waals surface area contributed by atoms with E-state index in [-0.39, 0.29) is 0 Å². The van der Waals surface area contributed by atoms with Crippen molar-refractivity contribution in [2.45, 2.75) is 13.8 Å². The number of allylic oxidation sites excluding steroid dienone is 2. The van der Waals surface area contributed by atoms with Gasteiger partial charge in [-0.3, -0.25) is 5.41 Å². The molecule has 0 spiro atoms. The van der Waals surface area contributed by atoms with Gasteiger partial charge in [0.25, 0.3) is 6.21 Å². The largest absolute Gasteiger partial charge is 0.355 e. The van der Waals surface area contributed by atoms with E-state index in [1.807, 2.05) is 24.1 Å². The van der Waals surface area contributed by atoms with Crippen LogP contribution >= 0.6 is 0 Å². The molecule has 0 aromatic rings. The molecule has 4 nitrogen and oxygen atoms in total. The van der Waals surface area contributed by atoms with Gasteiger partial charge < -0.3 is 10.2 Å². The molecule has 1 rings (SSSR count). The normalized spacial score (nSPS) is 13.1. The summed E-state index contributed by atoms with van der Waals surface area (Å²) in [4.78, 5) is 2.05. The molecule has 0 unspecified atom stereocenters. The van der Waals surface area contributed by atoms with Crippen LogP contribution in [0.25, 0.3) is 0 Å². The lowest BCUT2D eigenvalue weighted by molar-refractivity contribution is -0.597. The van der Waals surface area contributed by atoms with Gasteiger partial charge in [0.2, 0.25) is 5.70 Å². The number of rotatable bonds is 5. The molecule has 1 aliphatic rings. The Labute approximate surface area is 84.6 Å². The molecule has 4 heteroatoms. The highest BCUT2D eigenvalue weighted by atomic mass is 15.2. The third kappa shape index (κ3) is 3.17. The fourth-order valence-corrected chi connectivity index (χ4v) is 1.37. The second kappa shape index (κ2) is 5.37. The number of amidine groups is 1. The van der Waals surface area contributed by atoms with Crippen LogP contribution in [0.15, 0.2) is 11.8 Å². The summed E-state index contributed by atoms with van der Waals surface area (Å²) in [5.74, 6) is 0.640. The van der Waals surface area contributed by atoms with Gasteiger partial charge in [-0.1, -0.05) is 4.67 Å². The van der Waals surface area contributed by atoms with Gasteiger partial charge in [-0.2, -0.15) is 0 Å². The van der Waals surface area contributed by atoms with E-state index in [9.17, 15) is 0 Å². The maximum Gasteiger partial charge on any atom is 0.352 e. The zero-order valence-electron chi connectivity index (χ0n) is 8.83. The van der Waals surface area contributed by atoms with Crippen LogP contribution in [0.5, 0.6) is 0 Å². The van der Waals surface area contributed by atoms with E-state index < -0.39 is 0 Å². The molecule has 0 radical (unpaired) electrons. The van der Waals surface area contributed by atoms with Crippen LogP contribution in [0.4, 0.5) is 0 Å². The molecular weight excluding hydrogens is 176 g/mol. The molecule has 0 amide bonds. The Morgan fingerprint density at radius 1 is 1.64 bits per heavy atom. The first kappa shape index (κ1) is 10.7. The average molecular weight is 194 g/mol. The van der Waals surface area contributed by atoms with E-state index in [4.69, 9.17) is 5.41 Å². The summed E-state index contributed by atoms with van der Waals surface area (Å²) in [6, 6.07) is 0. The standard InChI is InChI=1S/C10H16N4/c1-3-14(9(2)11)7-6-13-10-4-5-12-8-10/h4-5,8,11H,3,6-7H2,1-2H3/p+2. The third-order valence-electron chi connectivity index (χ3n) is 2.21. The van der Waals surface area contributed by atoms with Gasteiger partial charge in [0, 0.05) is 6.54 Å². The molecule has 1 heterocycles. The van der Waals surface area contributed by atoms with E-state index in [1.54, 1.807) is 6.21 Å². The van der Waals surface area contributed by atoms with Gasteiger partial charge in [0.15, 0.2) is 0 Å². The van der Waals surface area contributed by atoms with Crippen LogP contribution in [0.3, 0.4) is 0 Å². The number of nitrogens with zero attached hydrogens (tertiary/aromatic N) is 2. The molecular formula is C10H18N4+2. The fourth-order valence-electron chi connectivity index (χ4n) is 1.37. The van der Waals surface area contributed by atoms with E-state index >= 15 is 0 Å². The van der Waals surface area contributed by atoms with Crippen molar-refractivity contribution in [3.8, 4) is 0 Å². The lowest BCUT2D eigenvalue weighted by Gasteiger charge is -2.19. The maximum absolute atomic E-state index is 7.50. The van der Waals surface area contributed by atoms with Crippen LogP contribution < -0.4 is 9.98 Å². The third-order valence-corrected chi connectivity index (χ3v) is 2.21. The summed E-state index contributed by atoms with van der Waals surface area (Å²) in [6.07, 6.45) is 5.65. The smallest absolute Gasteiger partial charge is 0.352 e. The molecule has 3 N–H and O–H groups in total. The molecule has 0 atom stereocenters. The molecule has 0 bridgehead atoms. The molecule has 1 aliphatic heterocycles. The predicted octanol–water partition coefficient (Wildman–Crippen LogP) is -1.02. The van der Waals surface area contributed by atoms with Gasteiger partial charge >= 0.3 is 6.21 Å². The number of hydrogen-bond acceptors (Lipinski definition) is 1. The number of nitrogens with two attached hydrogens (primary N) is 1. The zero-order chi connectivity index (χ0) is 10.4. The minimum absolute atomic E-state index is 0.640. The Morgan fingerprint density at radius 3 is 2.93 bits per heavy atom. The summed E-state index contributed by atoms with van der Waals surface area (Å²) in [5.41, 5.74) is 1.17. The van der Waals surface area contributed by atoms with Crippen molar-refractivity contribution in [1.82, 2.24) is 9.57 Å². The predicted molar refractivity (Wildman–Crippen MR) is 59.8 cm³/mol. The van der Waals surface area contributed by atoms with E-state index in [2.05, 4.69) is 16.9 Å². The Balaban J connectivity index is 2.20. The summed E-state index contributed by atoms with van der Waals surface area (Å²) in [7, 11) is 0. The Morgan fingerprint density at radius 2 is 2.43 bits per heavy atom. The number of hydrogen-bond donors (Lipinski definition) is 2. The second-order valence-corrected chi connectivity index (χ2v) is 3.25. The van der Waals surface area contributed by atoms with Crippen molar-refractivity contribution in [1.29, 1.82) is 5.41 Å². The first-order chi connectivity index (χ1) is 6.74. The van der Waals surface area contributed by atoms with Crippen LogP contribution in [-0.4, -0.2) is 42.8 Å². The summed E-state index contributed by atoms with van der Waals surface area (Å²) < 4.78 is 3.99. The molecule has 0 aromatic carbocycles. The molecule has 0 aromatic heterocycles. The van der Waals surface area contributed by atoms with E-state index in [0.717, 1.165) is 19.6 Å². The summed E-state index contributed by atoms with van der Waals surface area (Å²) >= 11 is 0. The SMILES string of the molecule is CCN(CC[NH2+]C1=CC=[N+]=C1)C(C)=N. The molecule has 0 saturated carbocycles. The Bertz CT molecular complexity index is 297. The van der Waals surface area contributed by atoms with Crippen LogP contribution in [0.1, 0.15) is 13.8 Å². The highest BCUT2D eigenvalue weighted by Crippen LogP contribution is 1.86. The number of likely N-dealkylation sites (N-methyl/N-ethyl adjacent to an activating group) is 1. The molecule has 0 saturated heterocycles.